The first-order valence-electron chi connectivity index (χ1n) is 9.52. The maximum absolute atomic E-state index is 13.8. The number of carbonyl (C=O) groups excluding carboxylic acids is 1. The highest BCUT2D eigenvalue weighted by Gasteiger charge is 2.47. The number of halogens is 3. The maximum Gasteiger partial charge on any atom is 0.410 e. The summed E-state index contributed by atoms with van der Waals surface area (Å²) in [5.41, 5.74) is 1.09. The van der Waals surface area contributed by atoms with Gasteiger partial charge in [0.25, 0.3) is 5.91 Å². The number of nitrogens with zero attached hydrogens (tertiary/aromatic N) is 3. The normalized spacial score (nSPS) is 18.2. The molecule has 6 nitrogen and oxygen atoms in total. The Morgan fingerprint density at radius 2 is 2.26 bits per heavy atom. The Hall–Kier alpha value is -2.84. The number of thiophene rings is 2. The molecule has 0 radical (unpaired) electrons. The molecule has 3 aromatic rings. The average Bonchev–Trinajstić information content (AvgIpc) is 3.44. The fourth-order valence-electron chi connectivity index (χ4n) is 3.74. The van der Waals surface area contributed by atoms with Gasteiger partial charge in [-0.05, 0) is 30.4 Å². The van der Waals surface area contributed by atoms with Crippen molar-refractivity contribution in [2.45, 2.75) is 44.9 Å². The molecule has 31 heavy (non-hydrogen) atoms. The van der Waals surface area contributed by atoms with E-state index in [-0.39, 0.29) is 17.9 Å². The number of amides is 1. The molecule has 3 aromatic heterocycles. The van der Waals surface area contributed by atoms with Gasteiger partial charge < -0.3 is 10.6 Å². The van der Waals surface area contributed by atoms with Gasteiger partial charge in [0, 0.05) is 22.2 Å². The minimum atomic E-state index is -4.51. The minimum Gasteiger partial charge on any atom is -0.363 e. The molecule has 2 N–H and O–H groups in total. The summed E-state index contributed by atoms with van der Waals surface area (Å²) in [6, 6.07) is 4.62. The summed E-state index contributed by atoms with van der Waals surface area (Å²) in [7, 11) is 0. The highest BCUT2D eigenvalue weighted by atomic mass is 32.1. The summed E-state index contributed by atoms with van der Waals surface area (Å²) in [4.78, 5) is 14.5. The number of anilines is 2. The molecule has 2 unspecified atom stereocenters. The van der Waals surface area contributed by atoms with Crippen LogP contribution in [0.2, 0.25) is 0 Å². The molecule has 2 atom stereocenters. The number of fused-ring (bicyclic) bond motifs is 1. The highest BCUT2D eigenvalue weighted by Crippen LogP contribution is 2.44. The van der Waals surface area contributed by atoms with E-state index >= 15 is 0 Å². The lowest BCUT2D eigenvalue weighted by Gasteiger charge is -2.32. The molecular formula is C20H18F3N5OS2. The predicted octanol–water partition coefficient (Wildman–Crippen LogP) is 5.66. The minimum absolute atomic E-state index is 0.134. The van der Waals surface area contributed by atoms with E-state index in [1.54, 1.807) is 12.1 Å². The molecule has 4 rings (SSSR count). The number of rotatable bonds is 4. The second-order valence-electron chi connectivity index (χ2n) is 7.13. The summed E-state index contributed by atoms with van der Waals surface area (Å²) in [5, 5.41) is 21.3. The SMILES string of the molecule is CCc1c(C)sc(NC(=O)c2cc3n(n2)C(C(F)(F)F)CC(c2cccs2)N3)c1C#N. The second-order valence-corrected chi connectivity index (χ2v) is 9.33. The number of nitriles is 1. The van der Waals surface area contributed by atoms with Crippen molar-refractivity contribution in [2.75, 3.05) is 10.6 Å². The summed E-state index contributed by atoms with van der Waals surface area (Å²) in [6.07, 6.45) is -4.09. The van der Waals surface area contributed by atoms with E-state index in [1.807, 2.05) is 19.2 Å². The molecule has 4 heterocycles. The number of aromatic nitrogens is 2. The van der Waals surface area contributed by atoms with Crippen molar-refractivity contribution in [3.05, 3.63) is 50.2 Å². The maximum atomic E-state index is 13.8. The van der Waals surface area contributed by atoms with Crippen LogP contribution in [-0.2, 0) is 6.42 Å². The Balaban J connectivity index is 1.65. The number of nitrogens with one attached hydrogen (secondary N) is 2. The van der Waals surface area contributed by atoms with Crippen molar-refractivity contribution >= 4 is 39.4 Å². The van der Waals surface area contributed by atoms with E-state index in [0.717, 1.165) is 20.0 Å². The van der Waals surface area contributed by atoms with Gasteiger partial charge >= 0.3 is 6.18 Å². The molecule has 11 heteroatoms. The predicted molar refractivity (Wildman–Crippen MR) is 114 cm³/mol. The van der Waals surface area contributed by atoms with Crippen molar-refractivity contribution in [3.8, 4) is 6.07 Å². The molecule has 0 spiro atoms. The van der Waals surface area contributed by atoms with Crippen LogP contribution in [0.25, 0.3) is 0 Å². The highest BCUT2D eigenvalue weighted by molar-refractivity contribution is 7.16. The number of hydrogen-bond acceptors (Lipinski definition) is 6. The molecule has 0 saturated heterocycles. The van der Waals surface area contributed by atoms with E-state index in [0.29, 0.717) is 17.0 Å². The smallest absolute Gasteiger partial charge is 0.363 e. The molecule has 0 saturated carbocycles. The topological polar surface area (TPSA) is 82.7 Å². The first-order valence-corrected chi connectivity index (χ1v) is 11.2. The summed E-state index contributed by atoms with van der Waals surface area (Å²) in [6.45, 7) is 3.77. The lowest BCUT2D eigenvalue weighted by atomic mass is 10.0. The van der Waals surface area contributed by atoms with Crippen molar-refractivity contribution in [3.63, 3.8) is 0 Å². The summed E-state index contributed by atoms with van der Waals surface area (Å²) >= 11 is 2.64. The molecular weight excluding hydrogens is 447 g/mol. The number of aryl methyl sites for hydroxylation is 1. The molecule has 1 amide bonds. The van der Waals surface area contributed by atoms with Gasteiger partial charge in [0.15, 0.2) is 11.7 Å². The van der Waals surface area contributed by atoms with Crippen molar-refractivity contribution < 1.29 is 18.0 Å². The van der Waals surface area contributed by atoms with Crippen LogP contribution in [0.15, 0.2) is 23.6 Å². The number of alkyl halides is 3. The molecule has 1 aliphatic heterocycles. The Morgan fingerprint density at radius 3 is 2.87 bits per heavy atom. The van der Waals surface area contributed by atoms with Crippen LogP contribution in [0, 0.1) is 18.3 Å². The summed E-state index contributed by atoms with van der Waals surface area (Å²) in [5.74, 6) is -0.521. The van der Waals surface area contributed by atoms with E-state index in [1.165, 1.54) is 28.7 Å². The van der Waals surface area contributed by atoms with Crippen LogP contribution in [0.4, 0.5) is 24.0 Å². The van der Waals surface area contributed by atoms with Gasteiger partial charge in [-0.1, -0.05) is 13.0 Å². The van der Waals surface area contributed by atoms with Crippen LogP contribution in [0.3, 0.4) is 0 Å². The van der Waals surface area contributed by atoms with Crippen molar-refractivity contribution in [2.24, 2.45) is 0 Å². The van der Waals surface area contributed by atoms with Crippen molar-refractivity contribution in [1.82, 2.24) is 9.78 Å². The van der Waals surface area contributed by atoms with E-state index in [9.17, 15) is 23.2 Å². The zero-order valence-corrected chi connectivity index (χ0v) is 18.2. The first-order chi connectivity index (χ1) is 14.7. The Morgan fingerprint density at radius 1 is 1.48 bits per heavy atom. The summed E-state index contributed by atoms with van der Waals surface area (Å²) < 4.78 is 42.1. The molecule has 0 aromatic carbocycles. The first kappa shape index (κ1) is 21.4. The quantitative estimate of drug-likeness (QED) is 0.521. The van der Waals surface area contributed by atoms with Gasteiger partial charge in [0.2, 0.25) is 0 Å². The van der Waals surface area contributed by atoms with Crippen LogP contribution < -0.4 is 10.6 Å². The van der Waals surface area contributed by atoms with Gasteiger partial charge in [0.1, 0.15) is 16.9 Å². The molecule has 162 valence electrons. The van der Waals surface area contributed by atoms with Gasteiger partial charge in [-0.3, -0.25) is 4.79 Å². The molecule has 0 fully saturated rings. The van der Waals surface area contributed by atoms with E-state index in [2.05, 4.69) is 21.8 Å². The Bertz CT molecular complexity index is 1160. The fraction of sp³-hybridized carbons (Fsp3) is 0.350. The number of hydrogen-bond donors (Lipinski definition) is 2. The standard InChI is InChI=1S/C20H18F3N5OS2/c1-3-11-10(2)31-19(12(11)9-24)26-18(29)14-8-17-25-13(15-5-4-6-30-15)7-16(20(21,22)23)28(17)27-14/h4-6,8,13,16,25H,3,7H2,1-2H3,(H,26,29). The third-order valence-corrected chi connectivity index (χ3v) is 7.26. The van der Waals surface area contributed by atoms with E-state index in [4.69, 9.17) is 0 Å². The fourth-order valence-corrected chi connectivity index (χ4v) is 5.62. The Labute approximate surface area is 184 Å². The van der Waals surface area contributed by atoms with Crippen LogP contribution in [0.1, 0.15) is 56.8 Å². The van der Waals surface area contributed by atoms with Crippen LogP contribution >= 0.6 is 22.7 Å². The third-order valence-electron chi connectivity index (χ3n) is 5.21. The molecule has 1 aliphatic rings. The molecule has 0 bridgehead atoms. The Kier molecular flexibility index (Phi) is 5.53. The number of carbonyl (C=O) groups is 1. The van der Waals surface area contributed by atoms with Gasteiger partial charge in [-0.15, -0.1) is 22.7 Å². The largest absolute Gasteiger partial charge is 0.410 e. The van der Waals surface area contributed by atoms with Crippen LogP contribution in [0.5, 0.6) is 0 Å². The van der Waals surface area contributed by atoms with Gasteiger partial charge in [0.05, 0.1) is 11.6 Å². The zero-order valence-electron chi connectivity index (χ0n) is 16.6. The van der Waals surface area contributed by atoms with E-state index < -0.39 is 24.2 Å². The lowest BCUT2D eigenvalue weighted by molar-refractivity contribution is -0.173. The monoisotopic (exact) mass is 465 g/mol. The second kappa shape index (κ2) is 8.01. The average molecular weight is 466 g/mol. The van der Waals surface area contributed by atoms with Gasteiger partial charge in [-0.2, -0.15) is 23.5 Å². The van der Waals surface area contributed by atoms with Crippen LogP contribution in [-0.4, -0.2) is 21.9 Å². The third kappa shape index (κ3) is 3.93. The van der Waals surface area contributed by atoms with Crippen molar-refractivity contribution in [1.29, 1.82) is 5.26 Å². The molecule has 0 aliphatic carbocycles. The zero-order chi connectivity index (χ0) is 22.3. The lowest BCUT2D eigenvalue weighted by Crippen LogP contribution is -2.35. The van der Waals surface area contributed by atoms with Gasteiger partial charge in [-0.25, -0.2) is 4.68 Å².